The highest BCUT2D eigenvalue weighted by molar-refractivity contribution is 7.99. The molecule has 4 nitrogen and oxygen atoms in total. The number of rotatable bonds is 6. The van der Waals surface area contributed by atoms with E-state index >= 15 is 0 Å². The quantitative estimate of drug-likeness (QED) is 0.727. The summed E-state index contributed by atoms with van der Waals surface area (Å²) < 4.78 is 0. The number of aliphatic carboxylic acids is 1. The van der Waals surface area contributed by atoms with Crippen molar-refractivity contribution < 1.29 is 14.7 Å². The Labute approximate surface area is 94.8 Å². The molecule has 0 saturated carbocycles. The van der Waals surface area contributed by atoms with Gasteiger partial charge in [-0.25, -0.2) is 4.79 Å². The molecule has 15 heavy (non-hydrogen) atoms. The van der Waals surface area contributed by atoms with Crippen LogP contribution in [0.1, 0.15) is 27.2 Å². The van der Waals surface area contributed by atoms with E-state index in [-0.39, 0.29) is 17.1 Å². The van der Waals surface area contributed by atoms with Crippen molar-refractivity contribution in [1.82, 2.24) is 5.32 Å². The fourth-order valence-corrected chi connectivity index (χ4v) is 1.37. The molecule has 2 unspecified atom stereocenters. The van der Waals surface area contributed by atoms with Crippen molar-refractivity contribution in [2.75, 3.05) is 6.26 Å². The molecule has 0 spiro atoms. The van der Waals surface area contributed by atoms with E-state index < -0.39 is 12.0 Å². The van der Waals surface area contributed by atoms with Crippen LogP contribution in [0.2, 0.25) is 0 Å². The zero-order valence-electron chi connectivity index (χ0n) is 9.61. The molecule has 0 aliphatic carbocycles. The van der Waals surface area contributed by atoms with E-state index in [2.05, 4.69) is 5.32 Å². The van der Waals surface area contributed by atoms with Crippen LogP contribution in [0.4, 0.5) is 0 Å². The summed E-state index contributed by atoms with van der Waals surface area (Å²) in [6.07, 6.45) is 2.28. The summed E-state index contributed by atoms with van der Waals surface area (Å²) in [6.45, 7) is 5.62. The monoisotopic (exact) mass is 233 g/mol. The first kappa shape index (κ1) is 14.3. The summed E-state index contributed by atoms with van der Waals surface area (Å²) in [5.41, 5.74) is 0. The van der Waals surface area contributed by atoms with E-state index in [0.29, 0.717) is 6.42 Å². The second-order valence-corrected chi connectivity index (χ2v) is 5.09. The van der Waals surface area contributed by atoms with Gasteiger partial charge in [0.1, 0.15) is 6.04 Å². The van der Waals surface area contributed by atoms with Gasteiger partial charge < -0.3 is 10.4 Å². The van der Waals surface area contributed by atoms with Crippen LogP contribution in [0.5, 0.6) is 0 Å². The number of nitrogens with one attached hydrogen (secondary N) is 1. The van der Waals surface area contributed by atoms with Crippen LogP contribution < -0.4 is 5.32 Å². The molecule has 0 aromatic carbocycles. The minimum Gasteiger partial charge on any atom is -0.480 e. The highest BCUT2D eigenvalue weighted by Gasteiger charge is 2.23. The number of thioether (sulfide) groups is 1. The molecule has 0 heterocycles. The van der Waals surface area contributed by atoms with Crippen molar-refractivity contribution in [1.29, 1.82) is 0 Å². The van der Waals surface area contributed by atoms with Gasteiger partial charge in [0.25, 0.3) is 0 Å². The van der Waals surface area contributed by atoms with Gasteiger partial charge in [-0.1, -0.05) is 13.8 Å². The summed E-state index contributed by atoms with van der Waals surface area (Å²) in [7, 11) is 0. The second-order valence-electron chi connectivity index (χ2n) is 3.91. The summed E-state index contributed by atoms with van der Waals surface area (Å²) in [4.78, 5) is 22.3. The number of carboxylic acids is 1. The van der Waals surface area contributed by atoms with Crippen molar-refractivity contribution in [2.45, 2.75) is 38.5 Å². The number of hydrogen-bond acceptors (Lipinski definition) is 3. The standard InChI is InChI=1S/C10H19NO3S/c1-6(2)5-8(10(13)14)11-9(12)7(3)15-4/h6-8H,5H2,1-4H3,(H,11,12)(H,13,14). The van der Waals surface area contributed by atoms with E-state index in [1.165, 1.54) is 11.8 Å². The van der Waals surface area contributed by atoms with Gasteiger partial charge in [0, 0.05) is 0 Å². The summed E-state index contributed by atoms with van der Waals surface area (Å²) >= 11 is 1.40. The van der Waals surface area contributed by atoms with E-state index in [4.69, 9.17) is 5.11 Å². The van der Waals surface area contributed by atoms with Gasteiger partial charge in [-0.15, -0.1) is 0 Å². The van der Waals surface area contributed by atoms with Crippen LogP contribution in [0.3, 0.4) is 0 Å². The van der Waals surface area contributed by atoms with Crippen LogP contribution in [-0.2, 0) is 9.59 Å². The normalized spacial score (nSPS) is 14.7. The van der Waals surface area contributed by atoms with E-state index in [0.717, 1.165) is 0 Å². The lowest BCUT2D eigenvalue weighted by Gasteiger charge is -2.18. The van der Waals surface area contributed by atoms with Crippen molar-refractivity contribution >= 4 is 23.6 Å². The smallest absolute Gasteiger partial charge is 0.326 e. The molecule has 0 aliphatic rings. The zero-order chi connectivity index (χ0) is 12.0. The Hall–Kier alpha value is -0.710. The van der Waals surface area contributed by atoms with Crippen molar-refractivity contribution in [3.05, 3.63) is 0 Å². The number of carboxylic acid groups (broad SMARTS) is 1. The Kier molecular flexibility index (Phi) is 6.40. The van der Waals surface area contributed by atoms with E-state index in [9.17, 15) is 9.59 Å². The number of carbonyl (C=O) groups is 2. The van der Waals surface area contributed by atoms with Gasteiger partial charge in [-0.3, -0.25) is 4.79 Å². The molecule has 1 amide bonds. The average Bonchev–Trinajstić information content (AvgIpc) is 2.14. The first-order valence-electron chi connectivity index (χ1n) is 4.94. The topological polar surface area (TPSA) is 66.4 Å². The highest BCUT2D eigenvalue weighted by Crippen LogP contribution is 2.08. The third-order valence-electron chi connectivity index (χ3n) is 2.04. The molecule has 0 rings (SSSR count). The SMILES string of the molecule is CSC(C)C(=O)NC(CC(C)C)C(=O)O. The third kappa shape index (κ3) is 5.67. The molecule has 0 aromatic rings. The molecular weight excluding hydrogens is 214 g/mol. The molecule has 0 fully saturated rings. The fraction of sp³-hybridized carbons (Fsp3) is 0.800. The lowest BCUT2D eigenvalue weighted by Crippen LogP contribution is -2.44. The maximum absolute atomic E-state index is 11.5. The van der Waals surface area contributed by atoms with Gasteiger partial charge in [-0.2, -0.15) is 11.8 Å². The Morgan fingerprint density at radius 1 is 1.33 bits per heavy atom. The molecule has 0 saturated heterocycles. The summed E-state index contributed by atoms with van der Waals surface area (Å²) in [6, 6.07) is -0.771. The first-order chi connectivity index (χ1) is 6.88. The molecule has 0 aromatic heterocycles. The zero-order valence-corrected chi connectivity index (χ0v) is 10.4. The molecule has 0 bridgehead atoms. The maximum atomic E-state index is 11.5. The van der Waals surface area contributed by atoms with Crippen LogP contribution in [0.15, 0.2) is 0 Å². The van der Waals surface area contributed by atoms with Crippen molar-refractivity contribution in [3.63, 3.8) is 0 Å². The van der Waals surface area contributed by atoms with Crippen molar-refractivity contribution in [2.24, 2.45) is 5.92 Å². The van der Waals surface area contributed by atoms with Crippen LogP contribution >= 0.6 is 11.8 Å². The van der Waals surface area contributed by atoms with Crippen LogP contribution in [0.25, 0.3) is 0 Å². The van der Waals surface area contributed by atoms with Gasteiger partial charge in [0.05, 0.1) is 5.25 Å². The number of carbonyl (C=O) groups excluding carboxylic acids is 1. The Bertz CT molecular complexity index is 231. The molecule has 5 heteroatoms. The number of hydrogen-bond donors (Lipinski definition) is 2. The highest BCUT2D eigenvalue weighted by atomic mass is 32.2. The minimum absolute atomic E-state index is 0.209. The predicted molar refractivity (Wildman–Crippen MR) is 62.0 cm³/mol. The molecule has 0 aliphatic heterocycles. The second kappa shape index (κ2) is 6.71. The van der Waals surface area contributed by atoms with Gasteiger partial charge in [0.2, 0.25) is 5.91 Å². The van der Waals surface area contributed by atoms with E-state index in [1.54, 1.807) is 6.92 Å². The Morgan fingerprint density at radius 2 is 1.87 bits per heavy atom. The summed E-state index contributed by atoms with van der Waals surface area (Å²) in [5.74, 6) is -0.933. The predicted octanol–water partition coefficient (Wildman–Crippen LogP) is 1.35. The van der Waals surface area contributed by atoms with Crippen LogP contribution in [0, 0.1) is 5.92 Å². The molecule has 2 N–H and O–H groups in total. The van der Waals surface area contributed by atoms with Crippen molar-refractivity contribution in [3.8, 4) is 0 Å². The summed E-state index contributed by atoms with van der Waals surface area (Å²) in [5, 5.41) is 11.2. The van der Waals surface area contributed by atoms with Gasteiger partial charge in [0.15, 0.2) is 0 Å². The van der Waals surface area contributed by atoms with E-state index in [1.807, 2.05) is 20.1 Å². The lowest BCUT2D eigenvalue weighted by molar-refractivity contribution is -0.142. The average molecular weight is 233 g/mol. The molecule has 88 valence electrons. The lowest BCUT2D eigenvalue weighted by atomic mass is 10.0. The van der Waals surface area contributed by atoms with Gasteiger partial charge >= 0.3 is 5.97 Å². The van der Waals surface area contributed by atoms with Gasteiger partial charge in [-0.05, 0) is 25.5 Å². The molecule has 2 atom stereocenters. The molecular formula is C10H19NO3S. The third-order valence-corrected chi connectivity index (χ3v) is 2.97. The Morgan fingerprint density at radius 3 is 2.20 bits per heavy atom. The minimum atomic E-state index is -0.967. The fourth-order valence-electron chi connectivity index (χ4n) is 1.09. The molecule has 0 radical (unpaired) electrons. The first-order valence-corrected chi connectivity index (χ1v) is 6.23. The largest absolute Gasteiger partial charge is 0.480 e. The maximum Gasteiger partial charge on any atom is 0.326 e. The Balaban J connectivity index is 4.29. The number of amides is 1. The van der Waals surface area contributed by atoms with Crippen LogP contribution in [-0.4, -0.2) is 34.5 Å².